The SMILES string of the molecule is N#Cc1cccc2cccc(-n3c4ccccc4c4ccccc43)c12. The summed E-state index contributed by atoms with van der Waals surface area (Å²) in [5.41, 5.74) is 4.06. The van der Waals surface area contributed by atoms with Crippen molar-refractivity contribution in [2.75, 3.05) is 0 Å². The lowest BCUT2D eigenvalue weighted by Gasteiger charge is -2.12. The molecule has 2 heteroatoms. The van der Waals surface area contributed by atoms with Gasteiger partial charge in [0.15, 0.2) is 0 Å². The first kappa shape index (κ1) is 13.8. The quantitative estimate of drug-likeness (QED) is 0.383. The Kier molecular flexibility index (Phi) is 2.89. The van der Waals surface area contributed by atoms with Gasteiger partial charge in [0.05, 0.1) is 28.4 Å². The van der Waals surface area contributed by atoms with Crippen LogP contribution in [0.3, 0.4) is 0 Å². The molecular formula is C23H14N2. The smallest absolute Gasteiger partial charge is 0.0998 e. The number of nitrogens with zero attached hydrogens (tertiary/aromatic N) is 2. The van der Waals surface area contributed by atoms with Crippen molar-refractivity contribution < 1.29 is 0 Å². The summed E-state index contributed by atoms with van der Waals surface area (Å²) in [5, 5.41) is 14.2. The van der Waals surface area contributed by atoms with Crippen LogP contribution in [0, 0.1) is 11.3 Å². The van der Waals surface area contributed by atoms with Crippen LogP contribution in [0.25, 0.3) is 38.3 Å². The van der Waals surface area contributed by atoms with Gasteiger partial charge < -0.3 is 4.57 Å². The molecular weight excluding hydrogens is 304 g/mol. The zero-order chi connectivity index (χ0) is 16.8. The fourth-order valence-electron chi connectivity index (χ4n) is 3.78. The number of nitriles is 1. The van der Waals surface area contributed by atoms with E-state index >= 15 is 0 Å². The van der Waals surface area contributed by atoms with Gasteiger partial charge in [-0.3, -0.25) is 0 Å². The van der Waals surface area contributed by atoms with E-state index in [-0.39, 0.29) is 0 Å². The molecule has 0 unspecified atom stereocenters. The second kappa shape index (κ2) is 5.22. The third-order valence-corrected chi connectivity index (χ3v) is 4.82. The molecule has 0 bridgehead atoms. The van der Waals surface area contributed by atoms with Crippen LogP contribution < -0.4 is 0 Å². The van der Waals surface area contributed by atoms with E-state index in [0.717, 1.165) is 27.5 Å². The van der Waals surface area contributed by atoms with E-state index in [2.05, 4.69) is 83.4 Å². The van der Waals surface area contributed by atoms with Crippen LogP contribution in [-0.2, 0) is 0 Å². The molecule has 0 aliphatic rings. The average molecular weight is 318 g/mol. The van der Waals surface area contributed by atoms with Gasteiger partial charge in [0.25, 0.3) is 0 Å². The summed E-state index contributed by atoms with van der Waals surface area (Å²) >= 11 is 0. The highest BCUT2D eigenvalue weighted by molar-refractivity contribution is 6.10. The lowest BCUT2D eigenvalue weighted by atomic mass is 10.0. The number of hydrogen-bond donors (Lipinski definition) is 0. The van der Waals surface area contributed by atoms with E-state index in [1.807, 2.05) is 12.1 Å². The molecule has 5 aromatic rings. The molecule has 0 radical (unpaired) electrons. The summed E-state index contributed by atoms with van der Waals surface area (Å²) < 4.78 is 2.27. The van der Waals surface area contributed by atoms with E-state index in [1.165, 1.54) is 10.8 Å². The van der Waals surface area contributed by atoms with Gasteiger partial charge in [0, 0.05) is 16.2 Å². The predicted octanol–water partition coefficient (Wildman–Crippen LogP) is 5.81. The van der Waals surface area contributed by atoms with E-state index in [0.29, 0.717) is 5.56 Å². The maximum Gasteiger partial charge on any atom is 0.0998 e. The Balaban J connectivity index is 2.04. The van der Waals surface area contributed by atoms with Crippen molar-refractivity contribution in [2.24, 2.45) is 0 Å². The monoisotopic (exact) mass is 318 g/mol. The Labute approximate surface area is 145 Å². The Morgan fingerprint density at radius 1 is 0.640 bits per heavy atom. The first-order valence-corrected chi connectivity index (χ1v) is 8.29. The molecule has 5 rings (SSSR count). The van der Waals surface area contributed by atoms with Gasteiger partial charge in [-0.15, -0.1) is 0 Å². The minimum Gasteiger partial charge on any atom is -0.309 e. The Morgan fingerprint density at radius 3 is 1.88 bits per heavy atom. The second-order valence-corrected chi connectivity index (χ2v) is 6.16. The molecule has 0 atom stereocenters. The molecule has 4 aromatic carbocycles. The maximum atomic E-state index is 9.62. The van der Waals surface area contributed by atoms with Gasteiger partial charge in [-0.05, 0) is 29.7 Å². The lowest BCUT2D eigenvalue weighted by molar-refractivity contribution is 1.20. The number of para-hydroxylation sites is 2. The second-order valence-electron chi connectivity index (χ2n) is 6.16. The number of benzene rings is 4. The number of aromatic nitrogens is 1. The molecule has 116 valence electrons. The van der Waals surface area contributed by atoms with Crippen LogP contribution in [0.1, 0.15) is 5.56 Å². The zero-order valence-corrected chi connectivity index (χ0v) is 13.5. The maximum absolute atomic E-state index is 9.62. The third-order valence-electron chi connectivity index (χ3n) is 4.82. The third kappa shape index (κ3) is 1.90. The Hall–Kier alpha value is -3.57. The summed E-state index contributed by atoms with van der Waals surface area (Å²) in [6, 6.07) is 31.3. The van der Waals surface area contributed by atoms with Gasteiger partial charge in [-0.2, -0.15) is 5.26 Å². The Morgan fingerprint density at radius 2 is 1.24 bits per heavy atom. The molecule has 1 heterocycles. The average Bonchev–Trinajstić information content (AvgIpc) is 3.01. The van der Waals surface area contributed by atoms with Crippen molar-refractivity contribution in [1.29, 1.82) is 5.26 Å². The largest absolute Gasteiger partial charge is 0.309 e. The van der Waals surface area contributed by atoms with Crippen LogP contribution in [0.4, 0.5) is 0 Å². The van der Waals surface area contributed by atoms with Gasteiger partial charge in [0.2, 0.25) is 0 Å². The van der Waals surface area contributed by atoms with E-state index in [9.17, 15) is 5.26 Å². The normalized spacial score (nSPS) is 11.2. The van der Waals surface area contributed by atoms with Crippen LogP contribution in [0.5, 0.6) is 0 Å². The summed E-state index contributed by atoms with van der Waals surface area (Å²) in [4.78, 5) is 0. The molecule has 0 fully saturated rings. The van der Waals surface area contributed by atoms with Gasteiger partial charge in [-0.25, -0.2) is 0 Å². The summed E-state index contributed by atoms with van der Waals surface area (Å²) in [5.74, 6) is 0. The first-order chi connectivity index (χ1) is 12.4. The highest BCUT2D eigenvalue weighted by Crippen LogP contribution is 2.35. The molecule has 0 amide bonds. The summed E-state index contributed by atoms with van der Waals surface area (Å²) in [6.07, 6.45) is 0. The first-order valence-electron chi connectivity index (χ1n) is 8.29. The van der Waals surface area contributed by atoms with Crippen LogP contribution >= 0.6 is 0 Å². The van der Waals surface area contributed by atoms with E-state index < -0.39 is 0 Å². The molecule has 0 N–H and O–H groups in total. The highest BCUT2D eigenvalue weighted by Gasteiger charge is 2.14. The zero-order valence-electron chi connectivity index (χ0n) is 13.5. The standard InChI is InChI=1S/C23H14N2/c24-15-17-9-5-7-16-8-6-14-22(23(16)17)25-20-12-3-1-10-18(20)19-11-2-4-13-21(19)25/h1-14H. The van der Waals surface area contributed by atoms with Gasteiger partial charge in [-0.1, -0.05) is 60.7 Å². The predicted molar refractivity (Wildman–Crippen MR) is 103 cm³/mol. The topological polar surface area (TPSA) is 28.7 Å². The van der Waals surface area contributed by atoms with Gasteiger partial charge >= 0.3 is 0 Å². The van der Waals surface area contributed by atoms with Crippen molar-refractivity contribution >= 4 is 32.6 Å². The molecule has 0 aliphatic heterocycles. The fraction of sp³-hybridized carbons (Fsp3) is 0. The molecule has 0 saturated carbocycles. The summed E-state index contributed by atoms with van der Waals surface area (Å²) in [6.45, 7) is 0. The molecule has 2 nitrogen and oxygen atoms in total. The number of rotatable bonds is 1. The minimum absolute atomic E-state index is 0.704. The lowest BCUT2D eigenvalue weighted by Crippen LogP contribution is -1.96. The minimum atomic E-state index is 0.704. The van der Waals surface area contributed by atoms with Crippen molar-refractivity contribution in [3.8, 4) is 11.8 Å². The van der Waals surface area contributed by atoms with Crippen molar-refractivity contribution in [1.82, 2.24) is 4.57 Å². The molecule has 0 saturated heterocycles. The van der Waals surface area contributed by atoms with Crippen molar-refractivity contribution in [3.05, 3.63) is 90.5 Å². The fourth-order valence-corrected chi connectivity index (χ4v) is 3.78. The Bertz CT molecular complexity index is 1240. The van der Waals surface area contributed by atoms with Crippen molar-refractivity contribution in [3.63, 3.8) is 0 Å². The number of fused-ring (bicyclic) bond motifs is 4. The van der Waals surface area contributed by atoms with Crippen LogP contribution in [-0.4, -0.2) is 4.57 Å². The molecule has 1 aromatic heterocycles. The number of hydrogen-bond acceptors (Lipinski definition) is 1. The van der Waals surface area contributed by atoms with Crippen LogP contribution in [0.15, 0.2) is 84.9 Å². The van der Waals surface area contributed by atoms with E-state index in [4.69, 9.17) is 0 Å². The van der Waals surface area contributed by atoms with Crippen LogP contribution in [0.2, 0.25) is 0 Å². The summed E-state index contributed by atoms with van der Waals surface area (Å²) in [7, 11) is 0. The molecule has 0 spiro atoms. The molecule has 0 aliphatic carbocycles. The van der Waals surface area contributed by atoms with Crippen molar-refractivity contribution in [2.45, 2.75) is 0 Å². The highest BCUT2D eigenvalue weighted by atomic mass is 15.0. The van der Waals surface area contributed by atoms with E-state index in [1.54, 1.807) is 0 Å². The molecule has 25 heavy (non-hydrogen) atoms. The van der Waals surface area contributed by atoms with Gasteiger partial charge in [0.1, 0.15) is 0 Å².